The molecule has 0 aliphatic heterocycles. The SMILES string of the molecule is CC(C)=NNc1c(F)cccc1F. The summed E-state index contributed by atoms with van der Waals surface area (Å²) in [6.45, 7) is 3.46. The summed E-state index contributed by atoms with van der Waals surface area (Å²) in [5.41, 5.74) is 2.80. The van der Waals surface area contributed by atoms with Crippen LogP contribution in [0.25, 0.3) is 0 Å². The third-order valence-electron chi connectivity index (χ3n) is 1.35. The van der Waals surface area contributed by atoms with E-state index in [-0.39, 0.29) is 5.69 Å². The van der Waals surface area contributed by atoms with E-state index >= 15 is 0 Å². The molecule has 13 heavy (non-hydrogen) atoms. The molecule has 0 aliphatic rings. The first-order chi connectivity index (χ1) is 6.11. The molecule has 70 valence electrons. The normalized spacial score (nSPS) is 9.54. The zero-order valence-electron chi connectivity index (χ0n) is 7.44. The number of nitrogens with one attached hydrogen (secondary N) is 1. The number of nitrogens with zero attached hydrogens (tertiary/aromatic N) is 1. The van der Waals surface area contributed by atoms with Gasteiger partial charge in [-0.15, -0.1) is 0 Å². The molecule has 0 saturated heterocycles. The lowest BCUT2D eigenvalue weighted by molar-refractivity contribution is 0.589. The van der Waals surface area contributed by atoms with E-state index in [0.29, 0.717) is 5.71 Å². The Bertz CT molecular complexity index is 310. The Morgan fingerprint density at radius 2 is 1.77 bits per heavy atom. The summed E-state index contributed by atoms with van der Waals surface area (Å²) < 4.78 is 25.9. The monoisotopic (exact) mass is 184 g/mol. The molecule has 0 radical (unpaired) electrons. The maximum absolute atomic E-state index is 12.9. The Kier molecular flexibility index (Phi) is 2.95. The van der Waals surface area contributed by atoms with Gasteiger partial charge in [0.25, 0.3) is 0 Å². The first-order valence-electron chi connectivity index (χ1n) is 3.82. The van der Waals surface area contributed by atoms with Crippen molar-refractivity contribution >= 4 is 11.4 Å². The summed E-state index contributed by atoms with van der Waals surface area (Å²) in [5, 5.41) is 3.70. The summed E-state index contributed by atoms with van der Waals surface area (Å²) in [6.07, 6.45) is 0. The number of hydrogen-bond acceptors (Lipinski definition) is 2. The van der Waals surface area contributed by atoms with E-state index in [4.69, 9.17) is 0 Å². The average Bonchev–Trinajstić information content (AvgIpc) is 2.03. The molecule has 4 heteroatoms. The molecule has 1 rings (SSSR count). The van der Waals surface area contributed by atoms with Crippen molar-refractivity contribution in [2.45, 2.75) is 13.8 Å². The highest BCUT2D eigenvalue weighted by Crippen LogP contribution is 2.17. The van der Waals surface area contributed by atoms with Crippen LogP contribution in [0.15, 0.2) is 23.3 Å². The second-order valence-corrected chi connectivity index (χ2v) is 2.77. The largest absolute Gasteiger partial charge is 0.273 e. The average molecular weight is 184 g/mol. The number of rotatable bonds is 2. The quantitative estimate of drug-likeness (QED) is 0.554. The predicted octanol–water partition coefficient (Wildman–Crippen LogP) is 2.77. The van der Waals surface area contributed by atoms with Gasteiger partial charge in [0.05, 0.1) is 0 Å². The molecule has 0 aliphatic carbocycles. The van der Waals surface area contributed by atoms with Crippen molar-refractivity contribution in [3.05, 3.63) is 29.8 Å². The van der Waals surface area contributed by atoms with Gasteiger partial charge in [0.1, 0.15) is 5.69 Å². The Balaban J connectivity index is 2.94. The Labute approximate surface area is 75.3 Å². The van der Waals surface area contributed by atoms with Gasteiger partial charge >= 0.3 is 0 Å². The smallest absolute Gasteiger partial charge is 0.151 e. The van der Waals surface area contributed by atoms with Crippen molar-refractivity contribution < 1.29 is 8.78 Å². The molecule has 0 amide bonds. The zero-order valence-corrected chi connectivity index (χ0v) is 7.44. The molecule has 0 aromatic heterocycles. The Morgan fingerprint density at radius 3 is 2.23 bits per heavy atom. The maximum atomic E-state index is 12.9. The van der Waals surface area contributed by atoms with Crippen LogP contribution < -0.4 is 5.43 Å². The highest BCUT2D eigenvalue weighted by atomic mass is 19.1. The van der Waals surface area contributed by atoms with E-state index in [0.717, 1.165) is 0 Å². The number of hydrogen-bond donors (Lipinski definition) is 1. The van der Waals surface area contributed by atoms with Crippen molar-refractivity contribution in [3.63, 3.8) is 0 Å². The molecule has 0 unspecified atom stereocenters. The van der Waals surface area contributed by atoms with E-state index in [2.05, 4.69) is 10.5 Å². The maximum Gasteiger partial charge on any atom is 0.151 e. The first-order valence-corrected chi connectivity index (χ1v) is 3.82. The van der Waals surface area contributed by atoms with Crippen molar-refractivity contribution in [2.24, 2.45) is 5.10 Å². The minimum Gasteiger partial charge on any atom is -0.273 e. The molecular formula is C9H10F2N2. The fourth-order valence-corrected chi connectivity index (χ4v) is 0.772. The van der Waals surface area contributed by atoms with Crippen molar-refractivity contribution in [1.82, 2.24) is 0 Å². The van der Waals surface area contributed by atoms with Gasteiger partial charge in [0.2, 0.25) is 0 Å². The van der Waals surface area contributed by atoms with E-state index in [9.17, 15) is 8.78 Å². The van der Waals surface area contributed by atoms with Gasteiger partial charge in [-0.25, -0.2) is 8.78 Å². The molecule has 0 bridgehead atoms. The van der Waals surface area contributed by atoms with Crippen LogP contribution in [-0.2, 0) is 0 Å². The Hall–Kier alpha value is -1.45. The van der Waals surface area contributed by atoms with Crippen LogP contribution in [-0.4, -0.2) is 5.71 Å². The number of halogens is 2. The molecule has 0 spiro atoms. The van der Waals surface area contributed by atoms with E-state index in [1.54, 1.807) is 13.8 Å². The first kappa shape index (κ1) is 9.64. The molecular weight excluding hydrogens is 174 g/mol. The molecule has 0 saturated carbocycles. The molecule has 2 nitrogen and oxygen atoms in total. The molecule has 0 fully saturated rings. The van der Waals surface area contributed by atoms with Crippen LogP contribution >= 0.6 is 0 Å². The van der Waals surface area contributed by atoms with Crippen molar-refractivity contribution in [2.75, 3.05) is 5.43 Å². The zero-order chi connectivity index (χ0) is 9.84. The second-order valence-electron chi connectivity index (χ2n) is 2.77. The molecule has 0 heterocycles. The van der Waals surface area contributed by atoms with Crippen LogP contribution in [0, 0.1) is 11.6 Å². The summed E-state index contributed by atoms with van der Waals surface area (Å²) in [4.78, 5) is 0. The van der Waals surface area contributed by atoms with E-state index in [1.807, 2.05) is 0 Å². The van der Waals surface area contributed by atoms with Gasteiger partial charge in [-0.3, -0.25) is 5.43 Å². The van der Waals surface area contributed by atoms with Crippen LogP contribution in [0.1, 0.15) is 13.8 Å². The van der Waals surface area contributed by atoms with Gasteiger partial charge in [-0.2, -0.15) is 5.10 Å². The topological polar surface area (TPSA) is 24.4 Å². The standard InChI is InChI=1S/C9H10F2N2/c1-6(2)12-13-9-7(10)4-3-5-8(9)11/h3-5,13H,1-2H3. The van der Waals surface area contributed by atoms with E-state index in [1.165, 1.54) is 18.2 Å². The number of benzene rings is 1. The lowest BCUT2D eigenvalue weighted by Gasteiger charge is -2.03. The summed E-state index contributed by atoms with van der Waals surface area (Å²) >= 11 is 0. The van der Waals surface area contributed by atoms with Gasteiger partial charge < -0.3 is 0 Å². The lowest BCUT2D eigenvalue weighted by Crippen LogP contribution is -1.98. The third-order valence-corrected chi connectivity index (χ3v) is 1.35. The summed E-state index contributed by atoms with van der Waals surface area (Å²) in [6, 6.07) is 3.65. The number of hydrazone groups is 1. The van der Waals surface area contributed by atoms with Gasteiger partial charge in [-0.1, -0.05) is 6.07 Å². The number of para-hydroxylation sites is 1. The minimum atomic E-state index is -0.648. The van der Waals surface area contributed by atoms with Gasteiger partial charge in [0.15, 0.2) is 11.6 Å². The Morgan fingerprint density at radius 1 is 1.23 bits per heavy atom. The second kappa shape index (κ2) is 3.98. The highest BCUT2D eigenvalue weighted by Gasteiger charge is 2.05. The summed E-state index contributed by atoms with van der Waals surface area (Å²) in [7, 11) is 0. The van der Waals surface area contributed by atoms with E-state index < -0.39 is 11.6 Å². The molecule has 1 N–H and O–H groups in total. The summed E-state index contributed by atoms with van der Waals surface area (Å²) in [5.74, 6) is -1.30. The fraction of sp³-hybridized carbons (Fsp3) is 0.222. The van der Waals surface area contributed by atoms with Crippen LogP contribution in [0.2, 0.25) is 0 Å². The van der Waals surface area contributed by atoms with Crippen molar-refractivity contribution in [1.29, 1.82) is 0 Å². The number of anilines is 1. The van der Waals surface area contributed by atoms with Gasteiger partial charge in [0, 0.05) is 5.71 Å². The van der Waals surface area contributed by atoms with Crippen LogP contribution in [0.3, 0.4) is 0 Å². The predicted molar refractivity (Wildman–Crippen MR) is 48.8 cm³/mol. The van der Waals surface area contributed by atoms with Gasteiger partial charge in [-0.05, 0) is 26.0 Å². The molecule has 1 aromatic rings. The highest BCUT2D eigenvalue weighted by molar-refractivity contribution is 5.79. The fourth-order valence-electron chi connectivity index (χ4n) is 0.772. The third kappa shape index (κ3) is 2.50. The van der Waals surface area contributed by atoms with Crippen LogP contribution in [0.5, 0.6) is 0 Å². The lowest BCUT2D eigenvalue weighted by atomic mass is 10.3. The molecule has 0 atom stereocenters. The van der Waals surface area contributed by atoms with Crippen molar-refractivity contribution in [3.8, 4) is 0 Å². The van der Waals surface area contributed by atoms with Crippen LogP contribution in [0.4, 0.5) is 14.5 Å². The minimum absolute atomic E-state index is 0.219. The molecule has 1 aromatic carbocycles.